The zero-order chi connectivity index (χ0) is 15.2. The zero-order valence-corrected chi connectivity index (χ0v) is 15.0. The van der Waals surface area contributed by atoms with Crippen LogP contribution < -0.4 is 0 Å². The second kappa shape index (κ2) is 10.8. The first-order valence-electron chi connectivity index (χ1n) is 7.79. The van der Waals surface area contributed by atoms with Crippen molar-refractivity contribution in [1.82, 2.24) is 4.90 Å². The van der Waals surface area contributed by atoms with Gasteiger partial charge in [-0.3, -0.25) is 9.69 Å². The number of hydrogen-bond acceptors (Lipinski definition) is 2. The molecule has 3 nitrogen and oxygen atoms in total. The number of hydrogen-bond donors (Lipinski definition) is 1. The molecule has 0 spiro atoms. The maximum Gasteiger partial charge on any atom is 0.306 e. The monoisotopic (exact) mass is 365 g/mol. The van der Waals surface area contributed by atoms with Crippen LogP contribution in [0.2, 0.25) is 0 Å². The van der Waals surface area contributed by atoms with E-state index in [0.717, 1.165) is 50.9 Å². The van der Waals surface area contributed by atoms with Crippen LogP contribution in [0.25, 0.3) is 0 Å². The van der Waals surface area contributed by atoms with Gasteiger partial charge < -0.3 is 5.11 Å². The number of rotatable bonds is 7. The first-order valence-corrected chi connectivity index (χ1v) is 7.79. The Hall–Kier alpha value is -0.840. The van der Waals surface area contributed by atoms with Crippen LogP contribution in [0.15, 0.2) is 24.3 Å². The van der Waals surface area contributed by atoms with E-state index < -0.39 is 5.97 Å². The van der Waals surface area contributed by atoms with Crippen LogP contribution >= 0.6 is 24.8 Å². The topological polar surface area (TPSA) is 40.5 Å². The van der Waals surface area contributed by atoms with Gasteiger partial charge in [0, 0.05) is 13.1 Å². The van der Waals surface area contributed by atoms with E-state index in [1.165, 1.54) is 12.1 Å². The number of carbonyl (C=O) groups is 1. The van der Waals surface area contributed by atoms with Gasteiger partial charge in [-0.1, -0.05) is 31.9 Å². The van der Waals surface area contributed by atoms with E-state index in [1.54, 1.807) is 12.1 Å². The van der Waals surface area contributed by atoms with Crippen LogP contribution in [-0.2, 0) is 11.3 Å². The zero-order valence-electron chi connectivity index (χ0n) is 13.4. The fraction of sp³-hybridized carbons (Fsp3) is 0.588. The van der Waals surface area contributed by atoms with Crippen molar-refractivity contribution in [3.8, 4) is 0 Å². The molecule has 1 fully saturated rings. The Labute approximate surface area is 150 Å². The van der Waals surface area contributed by atoms with Crippen molar-refractivity contribution in [2.75, 3.05) is 13.1 Å². The highest BCUT2D eigenvalue weighted by Crippen LogP contribution is 2.29. The van der Waals surface area contributed by atoms with E-state index in [-0.39, 0.29) is 42.5 Å². The molecule has 1 aliphatic rings. The van der Waals surface area contributed by atoms with Crippen molar-refractivity contribution < 1.29 is 14.3 Å². The molecule has 0 bridgehead atoms. The molecule has 0 aliphatic carbocycles. The Morgan fingerprint density at radius 3 is 2.57 bits per heavy atom. The van der Waals surface area contributed by atoms with Gasteiger partial charge in [-0.25, -0.2) is 4.39 Å². The van der Waals surface area contributed by atoms with Crippen molar-refractivity contribution in [2.45, 2.75) is 39.2 Å². The maximum atomic E-state index is 12.9. The summed E-state index contributed by atoms with van der Waals surface area (Å²) in [6, 6.07) is 6.55. The van der Waals surface area contributed by atoms with Gasteiger partial charge in [0.05, 0.1) is 5.92 Å². The summed E-state index contributed by atoms with van der Waals surface area (Å²) >= 11 is 0. The summed E-state index contributed by atoms with van der Waals surface area (Å²) in [5.41, 5.74) is 1.08. The molecule has 0 amide bonds. The number of aliphatic carboxylic acids is 1. The number of halogens is 3. The molecule has 1 aromatic carbocycles. The van der Waals surface area contributed by atoms with Gasteiger partial charge in [-0.2, -0.15) is 0 Å². The SMILES string of the molecule is CCCCC(C(=O)O)[C@H]1CCN(Cc2ccc(F)cc2)C1.Cl.Cl. The van der Waals surface area contributed by atoms with Gasteiger partial charge in [0.2, 0.25) is 0 Å². The van der Waals surface area contributed by atoms with E-state index >= 15 is 0 Å². The van der Waals surface area contributed by atoms with E-state index in [2.05, 4.69) is 11.8 Å². The van der Waals surface area contributed by atoms with Crippen LogP contribution in [0.5, 0.6) is 0 Å². The maximum absolute atomic E-state index is 12.9. The molecular formula is C17H26Cl2FNO2. The van der Waals surface area contributed by atoms with Gasteiger partial charge in [0.25, 0.3) is 0 Å². The molecule has 6 heteroatoms. The molecule has 1 N–H and O–H groups in total. The second-order valence-electron chi connectivity index (χ2n) is 6.00. The Balaban J connectivity index is 0.00000242. The highest BCUT2D eigenvalue weighted by atomic mass is 35.5. The van der Waals surface area contributed by atoms with Gasteiger partial charge in [-0.05, 0) is 43.0 Å². The molecule has 23 heavy (non-hydrogen) atoms. The molecule has 1 unspecified atom stereocenters. The van der Waals surface area contributed by atoms with Crippen LogP contribution in [0.3, 0.4) is 0 Å². The summed E-state index contributed by atoms with van der Waals surface area (Å²) in [6.45, 7) is 4.63. The van der Waals surface area contributed by atoms with Gasteiger partial charge in [-0.15, -0.1) is 24.8 Å². The summed E-state index contributed by atoms with van der Waals surface area (Å²) in [5, 5.41) is 9.41. The van der Waals surface area contributed by atoms with E-state index in [4.69, 9.17) is 0 Å². The molecular weight excluding hydrogens is 340 g/mol. The van der Waals surface area contributed by atoms with E-state index in [1.807, 2.05) is 0 Å². The summed E-state index contributed by atoms with van der Waals surface area (Å²) in [4.78, 5) is 13.7. The fourth-order valence-corrected chi connectivity index (χ4v) is 3.17. The Bertz CT molecular complexity index is 470. The van der Waals surface area contributed by atoms with Crippen LogP contribution in [-0.4, -0.2) is 29.1 Å². The van der Waals surface area contributed by atoms with Crippen molar-refractivity contribution in [3.05, 3.63) is 35.6 Å². The lowest BCUT2D eigenvalue weighted by molar-refractivity contribution is -0.143. The molecule has 1 saturated heterocycles. The molecule has 1 heterocycles. The third kappa shape index (κ3) is 6.66. The Morgan fingerprint density at radius 1 is 1.35 bits per heavy atom. The standard InChI is InChI=1S/C17H24FNO2.2ClH/c1-2-3-4-16(17(20)21)14-9-10-19(12-14)11-13-5-7-15(18)8-6-13;;/h5-8,14,16H,2-4,9-12H2,1H3,(H,20,21);2*1H/t14-,16?;;/m0../s1. The molecule has 1 aliphatic heterocycles. The van der Waals surface area contributed by atoms with Gasteiger partial charge in [0.15, 0.2) is 0 Å². The smallest absolute Gasteiger partial charge is 0.306 e. The molecule has 0 saturated carbocycles. The van der Waals surface area contributed by atoms with Gasteiger partial charge in [0.1, 0.15) is 5.82 Å². The largest absolute Gasteiger partial charge is 0.481 e. The van der Waals surface area contributed by atoms with Gasteiger partial charge >= 0.3 is 5.97 Å². The number of carboxylic acids is 1. The quantitative estimate of drug-likeness (QED) is 0.779. The lowest BCUT2D eigenvalue weighted by Gasteiger charge is -2.20. The minimum Gasteiger partial charge on any atom is -0.481 e. The fourth-order valence-electron chi connectivity index (χ4n) is 3.17. The van der Waals surface area contributed by atoms with E-state index in [0.29, 0.717) is 0 Å². The first kappa shape index (κ1) is 22.2. The minimum atomic E-state index is -0.655. The highest BCUT2D eigenvalue weighted by Gasteiger charge is 2.33. The number of likely N-dealkylation sites (tertiary alicyclic amines) is 1. The normalized spacial score (nSPS) is 18.8. The summed E-state index contributed by atoms with van der Waals surface area (Å²) < 4.78 is 12.9. The summed E-state index contributed by atoms with van der Waals surface area (Å²) in [6.07, 6.45) is 3.74. The molecule has 132 valence electrons. The van der Waals surface area contributed by atoms with Crippen LogP contribution in [0.1, 0.15) is 38.2 Å². The minimum absolute atomic E-state index is 0. The lowest BCUT2D eigenvalue weighted by atomic mass is 9.87. The summed E-state index contributed by atoms with van der Waals surface area (Å²) in [5.74, 6) is -0.849. The van der Waals surface area contributed by atoms with E-state index in [9.17, 15) is 14.3 Å². The number of carboxylic acid groups (broad SMARTS) is 1. The third-order valence-corrected chi connectivity index (χ3v) is 4.38. The van der Waals surface area contributed by atoms with Crippen molar-refractivity contribution in [3.63, 3.8) is 0 Å². The highest BCUT2D eigenvalue weighted by molar-refractivity contribution is 5.85. The second-order valence-corrected chi connectivity index (χ2v) is 6.00. The number of nitrogens with zero attached hydrogens (tertiary/aromatic N) is 1. The molecule has 1 aromatic rings. The lowest BCUT2D eigenvalue weighted by Crippen LogP contribution is -2.27. The molecule has 2 atom stereocenters. The van der Waals surface area contributed by atoms with Crippen LogP contribution in [0.4, 0.5) is 4.39 Å². The summed E-state index contributed by atoms with van der Waals surface area (Å²) in [7, 11) is 0. The third-order valence-electron chi connectivity index (χ3n) is 4.38. The number of unbranched alkanes of at least 4 members (excludes halogenated alkanes) is 1. The predicted molar refractivity (Wildman–Crippen MR) is 94.9 cm³/mol. The molecule has 2 rings (SSSR count). The van der Waals surface area contributed by atoms with Crippen molar-refractivity contribution in [2.24, 2.45) is 11.8 Å². The average Bonchev–Trinajstić information content (AvgIpc) is 2.90. The number of benzene rings is 1. The predicted octanol–water partition coefficient (Wildman–Crippen LogP) is 4.38. The molecule has 0 radical (unpaired) electrons. The molecule has 0 aromatic heterocycles. The van der Waals surface area contributed by atoms with Crippen LogP contribution in [0, 0.1) is 17.7 Å². The Morgan fingerprint density at radius 2 is 2.00 bits per heavy atom. The van der Waals surface area contributed by atoms with Crippen molar-refractivity contribution in [1.29, 1.82) is 0 Å². The van der Waals surface area contributed by atoms with Crippen molar-refractivity contribution >= 4 is 30.8 Å². The first-order chi connectivity index (χ1) is 10.1. The Kier molecular flexibility index (Phi) is 10.4. The average molecular weight is 366 g/mol.